The Bertz CT molecular complexity index is 509. The highest BCUT2D eigenvalue weighted by molar-refractivity contribution is 6.35. The third-order valence-electron chi connectivity index (χ3n) is 2.77. The van der Waals surface area contributed by atoms with Crippen molar-refractivity contribution in [1.82, 2.24) is 9.88 Å². The second kappa shape index (κ2) is 5.55. The van der Waals surface area contributed by atoms with Crippen molar-refractivity contribution < 1.29 is 4.79 Å². The average molecular weight is 284 g/mol. The van der Waals surface area contributed by atoms with Gasteiger partial charge in [-0.15, -0.1) is 0 Å². The van der Waals surface area contributed by atoms with Gasteiger partial charge >= 0.3 is 0 Å². The fourth-order valence-electron chi connectivity index (χ4n) is 1.74. The lowest BCUT2D eigenvalue weighted by Gasteiger charge is -2.21. The number of carbonyl (C=O) groups is 1. The van der Waals surface area contributed by atoms with Crippen molar-refractivity contribution in [3.8, 4) is 6.07 Å². The zero-order valence-corrected chi connectivity index (χ0v) is 11.1. The Labute approximate surface area is 115 Å². The van der Waals surface area contributed by atoms with E-state index in [1.54, 1.807) is 4.90 Å². The Morgan fingerprint density at radius 1 is 1.56 bits per heavy atom. The summed E-state index contributed by atoms with van der Waals surface area (Å²) in [5.41, 5.74) is 0.349. The Morgan fingerprint density at radius 2 is 2.28 bits per heavy atom. The van der Waals surface area contributed by atoms with Gasteiger partial charge in [0.2, 0.25) is 0 Å². The van der Waals surface area contributed by atoms with E-state index in [-0.39, 0.29) is 22.1 Å². The SMILES string of the molecule is N#CCCN(C(=O)c1cc(Cl)ncc1Cl)C1CC1. The fourth-order valence-corrected chi connectivity index (χ4v) is 2.08. The van der Waals surface area contributed by atoms with E-state index in [2.05, 4.69) is 4.98 Å². The first-order valence-electron chi connectivity index (χ1n) is 5.62. The Morgan fingerprint density at radius 3 is 2.89 bits per heavy atom. The second-order valence-electron chi connectivity index (χ2n) is 4.12. The number of hydrogen-bond acceptors (Lipinski definition) is 3. The third kappa shape index (κ3) is 2.92. The van der Waals surface area contributed by atoms with Crippen LogP contribution in [0, 0.1) is 11.3 Å². The minimum absolute atomic E-state index is 0.179. The van der Waals surface area contributed by atoms with Gasteiger partial charge in [0, 0.05) is 18.8 Å². The van der Waals surface area contributed by atoms with Gasteiger partial charge in [0.05, 0.1) is 23.1 Å². The van der Waals surface area contributed by atoms with Gasteiger partial charge in [0.1, 0.15) is 5.15 Å². The zero-order chi connectivity index (χ0) is 13.1. The van der Waals surface area contributed by atoms with Crippen LogP contribution in [0.25, 0.3) is 0 Å². The molecule has 1 heterocycles. The molecule has 4 nitrogen and oxygen atoms in total. The summed E-state index contributed by atoms with van der Waals surface area (Å²) >= 11 is 11.7. The van der Waals surface area contributed by atoms with Crippen LogP contribution in [0.2, 0.25) is 10.2 Å². The first kappa shape index (κ1) is 13.1. The molecule has 1 aliphatic rings. The quantitative estimate of drug-likeness (QED) is 0.799. The maximum Gasteiger partial charge on any atom is 0.255 e. The minimum atomic E-state index is -0.179. The Balaban J connectivity index is 2.22. The van der Waals surface area contributed by atoms with E-state index in [9.17, 15) is 4.79 Å². The minimum Gasteiger partial charge on any atom is -0.335 e. The van der Waals surface area contributed by atoms with Gasteiger partial charge in [-0.3, -0.25) is 4.79 Å². The number of pyridine rings is 1. The maximum absolute atomic E-state index is 12.4. The number of aromatic nitrogens is 1. The number of carbonyl (C=O) groups excluding carboxylic acids is 1. The molecule has 94 valence electrons. The molecule has 6 heteroatoms. The molecule has 1 aliphatic carbocycles. The topological polar surface area (TPSA) is 57.0 Å². The Kier molecular flexibility index (Phi) is 4.05. The molecule has 1 saturated carbocycles. The predicted molar refractivity (Wildman–Crippen MR) is 68.5 cm³/mol. The lowest BCUT2D eigenvalue weighted by atomic mass is 10.2. The van der Waals surface area contributed by atoms with Gasteiger partial charge in [-0.25, -0.2) is 4.98 Å². The molecule has 1 aromatic heterocycles. The summed E-state index contributed by atoms with van der Waals surface area (Å²) in [6, 6.07) is 3.74. The number of rotatable bonds is 4. The van der Waals surface area contributed by atoms with E-state index in [0.29, 0.717) is 18.5 Å². The molecule has 0 unspecified atom stereocenters. The molecule has 0 N–H and O–H groups in total. The molecule has 0 aliphatic heterocycles. The molecule has 1 fully saturated rings. The molecule has 1 amide bonds. The predicted octanol–water partition coefficient (Wildman–Crippen LogP) is 2.91. The summed E-state index contributed by atoms with van der Waals surface area (Å²) in [7, 11) is 0. The van der Waals surface area contributed by atoms with Crippen LogP contribution in [0.1, 0.15) is 29.6 Å². The van der Waals surface area contributed by atoms with Crippen molar-refractivity contribution >= 4 is 29.1 Å². The van der Waals surface area contributed by atoms with E-state index >= 15 is 0 Å². The summed E-state index contributed by atoms with van der Waals surface area (Å²) in [6.45, 7) is 0.427. The van der Waals surface area contributed by atoms with Crippen molar-refractivity contribution in [3.05, 3.63) is 28.0 Å². The van der Waals surface area contributed by atoms with Gasteiger partial charge < -0.3 is 4.90 Å². The van der Waals surface area contributed by atoms with Gasteiger partial charge in [0.15, 0.2) is 0 Å². The zero-order valence-electron chi connectivity index (χ0n) is 9.57. The molecule has 0 spiro atoms. The lowest BCUT2D eigenvalue weighted by molar-refractivity contribution is 0.0747. The number of halogens is 2. The van der Waals surface area contributed by atoms with Gasteiger partial charge in [0.25, 0.3) is 5.91 Å². The van der Waals surface area contributed by atoms with Crippen molar-refractivity contribution in [3.63, 3.8) is 0 Å². The first-order chi connectivity index (χ1) is 8.63. The molecule has 0 radical (unpaired) electrons. The smallest absolute Gasteiger partial charge is 0.255 e. The van der Waals surface area contributed by atoms with Crippen molar-refractivity contribution in [1.29, 1.82) is 5.26 Å². The molecule has 0 bridgehead atoms. The van der Waals surface area contributed by atoms with Crippen molar-refractivity contribution in [2.45, 2.75) is 25.3 Å². The summed E-state index contributed by atoms with van der Waals surface area (Å²) in [5.74, 6) is -0.179. The Hall–Kier alpha value is -1.31. The van der Waals surface area contributed by atoms with Gasteiger partial charge in [-0.2, -0.15) is 5.26 Å². The van der Waals surface area contributed by atoms with Crippen LogP contribution in [-0.2, 0) is 0 Å². The summed E-state index contributed by atoms with van der Waals surface area (Å²) < 4.78 is 0. The van der Waals surface area contributed by atoms with E-state index in [4.69, 9.17) is 28.5 Å². The number of nitriles is 1. The fraction of sp³-hybridized carbons (Fsp3) is 0.417. The van der Waals surface area contributed by atoms with E-state index in [0.717, 1.165) is 12.8 Å². The van der Waals surface area contributed by atoms with Crippen LogP contribution < -0.4 is 0 Å². The number of amides is 1. The van der Waals surface area contributed by atoms with Crippen LogP contribution in [0.4, 0.5) is 0 Å². The molecule has 1 aromatic rings. The molecular formula is C12H11Cl2N3O. The number of hydrogen-bond donors (Lipinski definition) is 0. The van der Waals surface area contributed by atoms with Crippen LogP contribution in [0.3, 0.4) is 0 Å². The molecule has 0 atom stereocenters. The number of nitrogens with zero attached hydrogens (tertiary/aromatic N) is 3. The first-order valence-corrected chi connectivity index (χ1v) is 6.38. The average Bonchev–Trinajstić information content (AvgIpc) is 3.17. The molecule has 18 heavy (non-hydrogen) atoms. The van der Waals surface area contributed by atoms with E-state index in [1.165, 1.54) is 12.3 Å². The highest BCUT2D eigenvalue weighted by Crippen LogP contribution is 2.30. The largest absolute Gasteiger partial charge is 0.335 e. The highest BCUT2D eigenvalue weighted by atomic mass is 35.5. The summed E-state index contributed by atoms with van der Waals surface area (Å²) in [5, 5.41) is 9.14. The van der Waals surface area contributed by atoms with Crippen molar-refractivity contribution in [2.24, 2.45) is 0 Å². The van der Waals surface area contributed by atoms with Crippen LogP contribution in [-0.4, -0.2) is 28.4 Å². The van der Waals surface area contributed by atoms with E-state index < -0.39 is 0 Å². The lowest BCUT2D eigenvalue weighted by Crippen LogP contribution is -2.34. The molecule has 0 aromatic carbocycles. The van der Waals surface area contributed by atoms with E-state index in [1.807, 2.05) is 6.07 Å². The normalized spacial score (nSPS) is 14.1. The second-order valence-corrected chi connectivity index (χ2v) is 4.92. The van der Waals surface area contributed by atoms with Gasteiger partial charge in [-0.05, 0) is 18.9 Å². The van der Waals surface area contributed by atoms with Crippen LogP contribution in [0.5, 0.6) is 0 Å². The molecule has 0 saturated heterocycles. The van der Waals surface area contributed by atoms with Crippen LogP contribution in [0.15, 0.2) is 12.3 Å². The maximum atomic E-state index is 12.4. The van der Waals surface area contributed by atoms with Crippen molar-refractivity contribution in [2.75, 3.05) is 6.54 Å². The van der Waals surface area contributed by atoms with Gasteiger partial charge in [-0.1, -0.05) is 23.2 Å². The molecule has 2 rings (SSSR count). The molecular weight excluding hydrogens is 273 g/mol. The summed E-state index contributed by atoms with van der Waals surface area (Å²) in [4.78, 5) is 17.9. The third-order valence-corrected chi connectivity index (χ3v) is 3.27. The highest BCUT2D eigenvalue weighted by Gasteiger charge is 2.33. The monoisotopic (exact) mass is 283 g/mol. The standard InChI is InChI=1S/C12H11Cl2N3O/c13-10-7-16-11(14)6-9(10)12(18)17(5-1-4-15)8-2-3-8/h6-8H,1-3,5H2. The van der Waals surface area contributed by atoms with Crippen LogP contribution >= 0.6 is 23.2 Å². The summed E-state index contributed by atoms with van der Waals surface area (Å²) in [6.07, 6.45) is 3.65.